The van der Waals surface area contributed by atoms with Gasteiger partial charge < -0.3 is 5.32 Å². The van der Waals surface area contributed by atoms with E-state index in [9.17, 15) is 4.79 Å². The SMILES string of the molecule is Cn1ncc2c(c1=O)SCCNC2Cc1ccc(Cl)cc1. The molecule has 0 spiro atoms. The lowest BCUT2D eigenvalue weighted by Crippen LogP contribution is -2.27. The van der Waals surface area contributed by atoms with Crippen LogP contribution in [-0.4, -0.2) is 22.1 Å². The highest BCUT2D eigenvalue weighted by atomic mass is 35.5. The van der Waals surface area contributed by atoms with Crippen molar-refractivity contribution in [3.63, 3.8) is 0 Å². The van der Waals surface area contributed by atoms with E-state index in [1.165, 1.54) is 10.2 Å². The molecule has 2 heterocycles. The summed E-state index contributed by atoms with van der Waals surface area (Å²) in [5, 5.41) is 8.41. The van der Waals surface area contributed by atoms with E-state index in [2.05, 4.69) is 10.4 Å². The smallest absolute Gasteiger partial charge is 0.280 e. The number of aryl methyl sites for hydroxylation is 1. The molecule has 1 N–H and O–H groups in total. The van der Waals surface area contributed by atoms with E-state index in [0.717, 1.165) is 34.2 Å². The molecule has 0 saturated heterocycles. The van der Waals surface area contributed by atoms with Crippen LogP contribution in [0.25, 0.3) is 0 Å². The Morgan fingerprint density at radius 3 is 2.95 bits per heavy atom. The molecule has 0 radical (unpaired) electrons. The molecule has 0 fully saturated rings. The van der Waals surface area contributed by atoms with Gasteiger partial charge in [0.1, 0.15) is 0 Å². The molecule has 1 unspecified atom stereocenters. The highest BCUT2D eigenvalue weighted by Gasteiger charge is 2.22. The van der Waals surface area contributed by atoms with Crippen molar-refractivity contribution in [3.05, 3.63) is 57.0 Å². The van der Waals surface area contributed by atoms with Gasteiger partial charge in [0, 0.05) is 36.0 Å². The van der Waals surface area contributed by atoms with E-state index in [4.69, 9.17) is 11.6 Å². The van der Waals surface area contributed by atoms with Gasteiger partial charge in [0.05, 0.1) is 11.1 Å². The van der Waals surface area contributed by atoms with Crippen molar-refractivity contribution in [1.29, 1.82) is 0 Å². The van der Waals surface area contributed by atoms with Gasteiger partial charge in [-0.25, -0.2) is 4.68 Å². The van der Waals surface area contributed by atoms with Crippen LogP contribution < -0.4 is 10.9 Å². The summed E-state index contributed by atoms with van der Waals surface area (Å²) < 4.78 is 1.40. The molecule has 1 aliphatic rings. The molecule has 1 aliphatic heterocycles. The molecule has 1 aromatic carbocycles. The predicted molar refractivity (Wildman–Crippen MR) is 86.1 cm³/mol. The molecule has 0 amide bonds. The van der Waals surface area contributed by atoms with E-state index in [1.807, 2.05) is 30.5 Å². The van der Waals surface area contributed by atoms with Gasteiger partial charge in [-0.05, 0) is 24.1 Å². The van der Waals surface area contributed by atoms with E-state index < -0.39 is 0 Å². The van der Waals surface area contributed by atoms with Crippen LogP contribution in [0.1, 0.15) is 17.2 Å². The third-order valence-corrected chi connectivity index (χ3v) is 4.95. The lowest BCUT2D eigenvalue weighted by atomic mass is 10.0. The summed E-state index contributed by atoms with van der Waals surface area (Å²) >= 11 is 7.54. The first kappa shape index (κ1) is 14.6. The quantitative estimate of drug-likeness (QED) is 0.922. The van der Waals surface area contributed by atoms with Crippen molar-refractivity contribution < 1.29 is 0 Å². The summed E-state index contributed by atoms with van der Waals surface area (Å²) in [6.45, 7) is 0.876. The lowest BCUT2D eigenvalue weighted by Gasteiger charge is -2.18. The Labute approximate surface area is 132 Å². The number of halogens is 1. The van der Waals surface area contributed by atoms with Crippen LogP contribution in [0.15, 0.2) is 40.2 Å². The van der Waals surface area contributed by atoms with E-state index in [0.29, 0.717) is 0 Å². The van der Waals surface area contributed by atoms with Gasteiger partial charge in [0.2, 0.25) is 0 Å². The Morgan fingerprint density at radius 1 is 1.43 bits per heavy atom. The molecular weight excluding hydrogens is 306 g/mol. The second-order valence-corrected chi connectivity index (χ2v) is 6.59. The number of benzene rings is 1. The van der Waals surface area contributed by atoms with Gasteiger partial charge in [0.25, 0.3) is 5.56 Å². The molecule has 110 valence electrons. The van der Waals surface area contributed by atoms with Gasteiger partial charge in [-0.3, -0.25) is 4.79 Å². The maximum absolute atomic E-state index is 12.2. The largest absolute Gasteiger partial charge is 0.309 e. The van der Waals surface area contributed by atoms with Crippen LogP contribution in [0, 0.1) is 0 Å². The number of hydrogen-bond acceptors (Lipinski definition) is 4. The summed E-state index contributed by atoms with van der Waals surface area (Å²) in [5.41, 5.74) is 2.17. The van der Waals surface area contributed by atoms with Crippen LogP contribution in [0.5, 0.6) is 0 Å². The van der Waals surface area contributed by atoms with Gasteiger partial charge >= 0.3 is 0 Å². The van der Waals surface area contributed by atoms with Crippen LogP contribution in [-0.2, 0) is 13.5 Å². The molecule has 1 atom stereocenters. The second kappa shape index (κ2) is 6.22. The van der Waals surface area contributed by atoms with E-state index in [1.54, 1.807) is 18.8 Å². The molecule has 6 heteroatoms. The summed E-state index contributed by atoms with van der Waals surface area (Å²) in [7, 11) is 1.69. The van der Waals surface area contributed by atoms with E-state index >= 15 is 0 Å². The highest BCUT2D eigenvalue weighted by molar-refractivity contribution is 7.99. The minimum absolute atomic E-state index is 0.0118. The zero-order valence-electron chi connectivity index (χ0n) is 11.7. The van der Waals surface area contributed by atoms with Crippen molar-refractivity contribution in [1.82, 2.24) is 15.1 Å². The second-order valence-electron chi connectivity index (χ2n) is 5.04. The lowest BCUT2D eigenvalue weighted by molar-refractivity contribution is 0.537. The third-order valence-electron chi connectivity index (χ3n) is 3.59. The molecule has 1 aromatic heterocycles. The van der Waals surface area contributed by atoms with Crippen molar-refractivity contribution in [3.8, 4) is 0 Å². The molecule has 3 rings (SSSR count). The van der Waals surface area contributed by atoms with E-state index in [-0.39, 0.29) is 11.6 Å². The molecule has 0 bridgehead atoms. The summed E-state index contributed by atoms with van der Waals surface area (Å²) in [6, 6.07) is 7.95. The fraction of sp³-hybridized carbons (Fsp3) is 0.333. The Morgan fingerprint density at radius 2 is 2.19 bits per heavy atom. The monoisotopic (exact) mass is 321 g/mol. The highest BCUT2D eigenvalue weighted by Crippen LogP contribution is 2.29. The Bertz CT molecular complexity index is 699. The molecule has 21 heavy (non-hydrogen) atoms. The maximum atomic E-state index is 12.2. The zero-order chi connectivity index (χ0) is 14.8. The number of rotatable bonds is 2. The Kier molecular flexibility index (Phi) is 4.33. The van der Waals surface area contributed by atoms with Crippen molar-refractivity contribution in [2.75, 3.05) is 12.3 Å². The molecule has 0 saturated carbocycles. The predicted octanol–water partition coefficient (Wildman–Crippen LogP) is 2.41. The molecule has 2 aromatic rings. The van der Waals surface area contributed by atoms with Gasteiger partial charge in [-0.15, -0.1) is 11.8 Å². The number of hydrogen-bond donors (Lipinski definition) is 1. The van der Waals surface area contributed by atoms with Crippen LogP contribution in [0.3, 0.4) is 0 Å². The van der Waals surface area contributed by atoms with Crippen LogP contribution in [0.2, 0.25) is 5.02 Å². The number of nitrogens with one attached hydrogen (secondary N) is 1. The summed E-state index contributed by atoms with van der Waals surface area (Å²) in [4.78, 5) is 13.1. The first-order valence-corrected chi connectivity index (χ1v) is 8.18. The van der Waals surface area contributed by atoms with Crippen molar-refractivity contribution in [2.24, 2.45) is 7.05 Å². The van der Waals surface area contributed by atoms with Crippen LogP contribution in [0.4, 0.5) is 0 Å². The van der Waals surface area contributed by atoms with Gasteiger partial charge in [-0.2, -0.15) is 5.10 Å². The standard InChI is InChI=1S/C15H16ClN3OS/c1-19-15(20)14-12(9-18-19)13(17-6-7-21-14)8-10-2-4-11(16)5-3-10/h2-5,9,13,17H,6-8H2,1H3. The minimum Gasteiger partial charge on any atom is -0.309 e. The van der Waals surface area contributed by atoms with Gasteiger partial charge in [0.15, 0.2) is 0 Å². The van der Waals surface area contributed by atoms with Gasteiger partial charge in [-0.1, -0.05) is 23.7 Å². The normalized spacial score (nSPS) is 18.1. The Hall–Kier alpha value is -1.30. The molecule has 0 aliphatic carbocycles. The fourth-order valence-corrected chi connectivity index (χ4v) is 3.63. The number of thioether (sulfide) groups is 1. The number of nitrogens with zero attached hydrogens (tertiary/aromatic N) is 2. The number of fused-ring (bicyclic) bond motifs is 1. The fourth-order valence-electron chi connectivity index (χ4n) is 2.46. The number of aromatic nitrogens is 2. The average molecular weight is 322 g/mol. The molecular formula is C15H16ClN3OS. The minimum atomic E-state index is -0.0118. The summed E-state index contributed by atoms with van der Waals surface area (Å²) in [6.07, 6.45) is 2.63. The zero-order valence-corrected chi connectivity index (χ0v) is 13.2. The topological polar surface area (TPSA) is 46.9 Å². The van der Waals surface area contributed by atoms with Crippen molar-refractivity contribution >= 4 is 23.4 Å². The molecule has 4 nitrogen and oxygen atoms in total. The first-order chi connectivity index (χ1) is 10.1. The van der Waals surface area contributed by atoms with Crippen molar-refractivity contribution in [2.45, 2.75) is 17.4 Å². The first-order valence-electron chi connectivity index (χ1n) is 6.82. The van der Waals surface area contributed by atoms with Crippen LogP contribution >= 0.6 is 23.4 Å². The average Bonchev–Trinajstić information content (AvgIpc) is 2.68. The third kappa shape index (κ3) is 3.15. The Balaban J connectivity index is 1.95. The summed E-state index contributed by atoms with van der Waals surface area (Å²) in [5.74, 6) is 0.892. The maximum Gasteiger partial charge on any atom is 0.280 e.